The van der Waals surface area contributed by atoms with E-state index in [0.29, 0.717) is 0 Å². The average Bonchev–Trinajstić information content (AvgIpc) is 2.41. The van der Waals surface area contributed by atoms with Crippen LogP contribution in [0.15, 0.2) is 12.3 Å². The van der Waals surface area contributed by atoms with Crippen LogP contribution in [0.1, 0.15) is 23.2 Å². The molecule has 1 fully saturated rings. The van der Waals surface area contributed by atoms with Crippen LogP contribution in [-0.2, 0) is 0 Å². The first-order valence-electron chi connectivity index (χ1n) is 6.20. The van der Waals surface area contributed by atoms with Gasteiger partial charge in [0.15, 0.2) is 0 Å². The van der Waals surface area contributed by atoms with E-state index in [9.17, 15) is 14.9 Å². The molecule has 0 saturated carbocycles. The number of hydrogen-bond donors (Lipinski definition) is 1. The van der Waals surface area contributed by atoms with Gasteiger partial charge in [0, 0.05) is 25.4 Å². The van der Waals surface area contributed by atoms with Crippen LogP contribution >= 0.6 is 0 Å². The number of ether oxygens (including phenoxy) is 1. The zero-order valence-corrected chi connectivity index (χ0v) is 11.0. The molecule has 0 spiro atoms. The molecule has 1 saturated heterocycles. The van der Waals surface area contributed by atoms with Gasteiger partial charge in [-0.15, -0.1) is 0 Å². The third-order valence-electron chi connectivity index (χ3n) is 3.22. The lowest BCUT2D eigenvalue weighted by molar-refractivity contribution is -0.386. The van der Waals surface area contributed by atoms with Crippen molar-refractivity contribution in [2.45, 2.75) is 18.9 Å². The van der Waals surface area contributed by atoms with E-state index in [-0.39, 0.29) is 17.5 Å². The van der Waals surface area contributed by atoms with Crippen LogP contribution < -0.4 is 4.74 Å². The highest BCUT2D eigenvalue weighted by atomic mass is 16.6. The molecule has 1 aromatic rings. The summed E-state index contributed by atoms with van der Waals surface area (Å²) >= 11 is 0. The molecule has 1 aliphatic heterocycles. The molecule has 1 aromatic heterocycles. The van der Waals surface area contributed by atoms with E-state index >= 15 is 0 Å². The van der Waals surface area contributed by atoms with Crippen molar-refractivity contribution in [3.63, 3.8) is 0 Å². The van der Waals surface area contributed by atoms with E-state index in [2.05, 4.69) is 9.88 Å². The second kappa shape index (κ2) is 5.83. The number of piperidine rings is 1. The van der Waals surface area contributed by atoms with Crippen LogP contribution in [0.5, 0.6) is 5.88 Å². The van der Waals surface area contributed by atoms with Crippen molar-refractivity contribution < 1.29 is 19.6 Å². The Kier molecular flexibility index (Phi) is 4.14. The first kappa shape index (κ1) is 14.2. The lowest BCUT2D eigenvalue weighted by Gasteiger charge is -2.28. The molecule has 1 N–H and O–H groups in total. The van der Waals surface area contributed by atoms with E-state index in [1.807, 2.05) is 7.05 Å². The van der Waals surface area contributed by atoms with Crippen LogP contribution in [-0.4, -0.2) is 52.1 Å². The summed E-state index contributed by atoms with van der Waals surface area (Å²) in [5.74, 6) is -1.37. The minimum Gasteiger partial charge on any atom is -0.478 e. The molecule has 8 heteroatoms. The number of hydrogen-bond acceptors (Lipinski definition) is 6. The lowest BCUT2D eigenvalue weighted by Crippen LogP contribution is -2.35. The summed E-state index contributed by atoms with van der Waals surface area (Å²) in [6, 6.07) is 0.972. The molecule has 2 rings (SSSR count). The van der Waals surface area contributed by atoms with Gasteiger partial charge < -0.3 is 14.7 Å². The number of nitrogens with zero attached hydrogens (tertiary/aromatic N) is 3. The summed E-state index contributed by atoms with van der Waals surface area (Å²) in [6.07, 6.45) is 2.46. The van der Waals surface area contributed by atoms with Crippen LogP contribution in [0.3, 0.4) is 0 Å². The van der Waals surface area contributed by atoms with Crippen LogP contribution in [0, 0.1) is 10.1 Å². The van der Waals surface area contributed by atoms with Crippen LogP contribution in [0.25, 0.3) is 0 Å². The van der Waals surface area contributed by atoms with Gasteiger partial charge in [-0.3, -0.25) is 10.1 Å². The van der Waals surface area contributed by atoms with E-state index < -0.39 is 16.6 Å². The molecular formula is C12H15N3O5. The number of aromatic nitrogens is 1. The predicted molar refractivity (Wildman–Crippen MR) is 69.0 cm³/mol. The van der Waals surface area contributed by atoms with Crippen LogP contribution in [0.2, 0.25) is 0 Å². The van der Waals surface area contributed by atoms with Gasteiger partial charge in [0.1, 0.15) is 6.10 Å². The highest BCUT2D eigenvalue weighted by molar-refractivity contribution is 5.88. The zero-order chi connectivity index (χ0) is 14.7. The van der Waals surface area contributed by atoms with Crippen molar-refractivity contribution in [1.82, 2.24) is 9.88 Å². The van der Waals surface area contributed by atoms with Crippen molar-refractivity contribution in [3.05, 3.63) is 27.9 Å². The summed E-state index contributed by atoms with van der Waals surface area (Å²) in [7, 11) is 2.00. The minimum absolute atomic E-state index is 0.116. The highest BCUT2D eigenvalue weighted by Crippen LogP contribution is 2.27. The fourth-order valence-electron chi connectivity index (χ4n) is 2.04. The number of pyridine rings is 1. The number of carboxylic acid groups (broad SMARTS) is 1. The van der Waals surface area contributed by atoms with Gasteiger partial charge in [-0.25, -0.2) is 9.78 Å². The number of rotatable bonds is 4. The van der Waals surface area contributed by atoms with Crippen molar-refractivity contribution in [3.8, 4) is 5.88 Å². The van der Waals surface area contributed by atoms with Gasteiger partial charge in [0.25, 0.3) is 5.88 Å². The molecular weight excluding hydrogens is 266 g/mol. The van der Waals surface area contributed by atoms with Crippen molar-refractivity contribution in [2.75, 3.05) is 20.1 Å². The van der Waals surface area contributed by atoms with E-state index in [4.69, 9.17) is 9.84 Å². The number of nitro groups is 1. The summed E-state index contributed by atoms with van der Waals surface area (Å²) in [5.41, 5.74) is -0.642. The van der Waals surface area contributed by atoms with Crippen LogP contribution in [0.4, 0.5) is 5.69 Å². The van der Waals surface area contributed by atoms with Gasteiger partial charge in [-0.05, 0) is 19.9 Å². The Bertz CT molecular complexity index is 526. The van der Waals surface area contributed by atoms with Gasteiger partial charge in [0.2, 0.25) is 0 Å². The Labute approximate surface area is 115 Å². The normalized spacial score (nSPS) is 16.9. The van der Waals surface area contributed by atoms with Crippen molar-refractivity contribution >= 4 is 11.7 Å². The second-order valence-corrected chi connectivity index (χ2v) is 4.73. The van der Waals surface area contributed by atoms with Crippen molar-refractivity contribution in [1.29, 1.82) is 0 Å². The quantitative estimate of drug-likeness (QED) is 0.652. The minimum atomic E-state index is -1.26. The molecule has 0 radical (unpaired) electrons. The molecule has 0 atom stereocenters. The molecule has 0 amide bonds. The van der Waals surface area contributed by atoms with E-state index in [1.54, 1.807) is 0 Å². The van der Waals surface area contributed by atoms with Gasteiger partial charge >= 0.3 is 11.7 Å². The molecule has 2 heterocycles. The highest BCUT2D eigenvalue weighted by Gasteiger charge is 2.25. The fraction of sp³-hybridized carbons (Fsp3) is 0.500. The third kappa shape index (κ3) is 3.21. The number of aromatic carboxylic acids is 1. The lowest BCUT2D eigenvalue weighted by atomic mass is 10.1. The number of carboxylic acids is 1. The van der Waals surface area contributed by atoms with Gasteiger partial charge in [-0.2, -0.15) is 0 Å². The average molecular weight is 281 g/mol. The molecule has 0 aromatic carbocycles. The molecule has 0 unspecified atom stereocenters. The maximum atomic E-state index is 11.0. The molecule has 8 nitrogen and oxygen atoms in total. The molecule has 1 aliphatic rings. The summed E-state index contributed by atoms with van der Waals surface area (Å²) < 4.78 is 5.56. The topological polar surface area (TPSA) is 106 Å². The molecule has 20 heavy (non-hydrogen) atoms. The fourth-order valence-corrected chi connectivity index (χ4v) is 2.04. The van der Waals surface area contributed by atoms with Crippen molar-refractivity contribution in [2.24, 2.45) is 0 Å². The zero-order valence-electron chi connectivity index (χ0n) is 11.0. The third-order valence-corrected chi connectivity index (χ3v) is 3.22. The SMILES string of the molecule is CN1CCC(Oc2ncc(C(=O)O)cc2[N+](=O)[O-])CC1. The summed E-state index contributed by atoms with van der Waals surface area (Å²) in [4.78, 5) is 27.0. The maximum Gasteiger partial charge on any atom is 0.337 e. The summed E-state index contributed by atoms with van der Waals surface area (Å²) in [6.45, 7) is 1.71. The Balaban J connectivity index is 2.18. The van der Waals surface area contributed by atoms with E-state index in [0.717, 1.165) is 38.2 Å². The second-order valence-electron chi connectivity index (χ2n) is 4.73. The standard InChI is InChI=1S/C12H15N3O5/c1-14-4-2-9(3-5-14)20-11-10(15(18)19)6-8(7-13-11)12(16)17/h6-7,9H,2-5H2,1H3,(H,16,17). The molecule has 108 valence electrons. The molecule has 0 aliphatic carbocycles. The Morgan fingerprint density at radius 2 is 2.20 bits per heavy atom. The summed E-state index contributed by atoms with van der Waals surface area (Å²) in [5, 5.41) is 19.8. The number of likely N-dealkylation sites (tertiary alicyclic amines) is 1. The van der Waals surface area contributed by atoms with E-state index in [1.165, 1.54) is 0 Å². The van der Waals surface area contributed by atoms with Gasteiger partial charge in [0.05, 0.1) is 10.5 Å². The van der Waals surface area contributed by atoms with Gasteiger partial charge in [-0.1, -0.05) is 0 Å². The first-order chi connectivity index (χ1) is 9.47. The Morgan fingerprint density at radius 1 is 1.55 bits per heavy atom. The Hall–Kier alpha value is -2.22. The first-order valence-corrected chi connectivity index (χ1v) is 6.20. The monoisotopic (exact) mass is 281 g/mol. The smallest absolute Gasteiger partial charge is 0.337 e. The Morgan fingerprint density at radius 3 is 2.75 bits per heavy atom. The molecule has 0 bridgehead atoms. The number of carbonyl (C=O) groups is 1. The maximum absolute atomic E-state index is 11.0. The predicted octanol–water partition coefficient (Wildman–Crippen LogP) is 1.16. The largest absolute Gasteiger partial charge is 0.478 e.